The van der Waals surface area contributed by atoms with E-state index >= 15 is 0 Å². The second kappa shape index (κ2) is 5.80. The van der Waals surface area contributed by atoms with Gasteiger partial charge in [-0.2, -0.15) is 0 Å². The summed E-state index contributed by atoms with van der Waals surface area (Å²) < 4.78 is 0. The zero-order valence-corrected chi connectivity index (χ0v) is 11.3. The number of rotatable bonds is 1. The molecule has 1 nitrogen and oxygen atoms in total. The molecule has 2 aromatic carbocycles. The van der Waals surface area contributed by atoms with E-state index in [0.717, 1.165) is 4.90 Å². The van der Waals surface area contributed by atoms with Gasteiger partial charge < -0.3 is 4.90 Å². The van der Waals surface area contributed by atoms with Crippen molar-refractivity contribution in [2.75, 3.05) is 19.0 Å². The fraction of sp³-hybridized carbons (Fsp3) is 0.286. The first-order valence-electron chi connectivity index (χ1n) is 5.58. The number of hydrogen-bond donors (Lipinski definition) is 1. The third-order valence-corrected chi connectivity index (χ3v) is 2.75. The third kappa shape index (κ3) is 2.50. The van der Waals surface area contributed by atoms with Crippen LogP contribution in [0, 0.1) is 0 Å². The molecule has 0 aliphatic carbocycles. The van der Waals surface area contributed by atoms with Crippen LogP contribution in [0.2, 0.25) is 0 Å². The van der Waals surface area contributed by atoms with Gasteiger partial charge in [-0.25, -0.2) is 0 Å². The summed E-state index contributed by atoms with van der Waals surface area (Å²) in [6, 6.07) is 12.5. The SMILES string of the molecule is CC.CN(C)c1cccc2c(S)cccc12. The van der Waals surface area contributed by atoms with E-state index in [1.807, 2.05) is 26.0 Å². The van der Waals surface area contributed by atoms with Crippen molar-refractivity contribution < 1.29 is 0 Å². The topological polar surface area (TPSA) is 3.24 Å². The van der Waals surface area contributed by atoms with Gasteiger partial charge in [-0.1, -0.05) is 38.1 Å². The summed E-state index contributed by atoms with van der Waals surface area (Å²) >= 11 is 4.45. The molecule has 0 spiro atoms. The van der Waals surface area contributed by atoms with E-state index in [2.05, 4.69) is 55.9 Å². The van der Waals surface area contributed by atoms with Crippen LogP contribution in [0.5, 0.6) is 0 Å². The summed E-state index contributed by atoms with van der Waals surface area (Å²) in [5.41, 5.74) is 1.23. The average Bonchev–Trinajstić information content (AvgIpc) is 2.31. The van der Waals surface area contributed by atoms with E-state index in [1.165, 1.54) is 16.5 Å². The van der Waals surface area contributed by atoms with Crippen molar-refractivity contribution in [1.82, 2.24) is 0 Å². The Morgan fingerprint density at radius 3 is 2.06 bits per heavy atom. The number of nitrogens with zero attached hydrogens (tertiary/aromatic N) is 1. The first kappa shape index (κ1) is 12.9. The molecule has 0 aromatic heterocycles. The Hall–Kier alpha value is -1.15. The van der Waals surface area contributed by atoms with E-state index < -0.39 is 0 Å². The number of thiol groups is 1. The maximum absolute atomic E-state index is 4.45. The molecule has 0 N–H and O–H groups in total. The van der Waals surface area contributed by atoms with Gasteiger partial charge in [-0.05, 0) is 17.5 Å². The van der Waals surface area contributed by atoms with Gasteiger partial charge in [0.15, 0.2) is 0 Å². The molecule has 0 bridgehead atoms. The molecule has 0 aliphatic rings. The van der Waals surface area contributed by atoms with Crippen molar-refractivity contribution in [1.29, 1.82) is 0 Å². The van der Waals surface area contributed by atoms with Crippen LogP contribution in [0.25, 0.3) is 10.8 Å². The van der Waals surface area contributed by atoms with Crippen LogP contribution < -0.4 is 4.90 Å². The molecule has 86 valence electrons. The average molecular weight is 233 g/mol. The van der Waals surface area contributed by atoms with Gasteiger partial charge in [0.05, 0.1) is 0 Å². The molecule has 0 aliphatic heterocycles. The minimum absolute atomic E-state index is 1.03. The Labute approximate surface area is 103 Å². The Morgan fingerprint density at radius 1 is 0.875 bits per heavy atom. The van der Waals surface area contributed by atoms with E-state index in [0.29, 0.717) is 0 Å². The smallest absolute Gasteiger partial charge is 0.0441 e. The fourth-order valence-corrected chi connectivity index (χ4v) is 1.95. The maximum atomic E-state index is 4.45. The highest BCUT2D eigenvalue weighted by Gasteiger charge is 2.03. The lowest BCUT2D eigenvalue weighted by Gasteiger charge is -2.15. The molecule has 0 saturated heterocycles. The van der Waals surface area contributed by atoms with Crippen molar-refractivity contribution in [2.45, 2.75) is 18.7 Å². The molecule has 0 amide bonds. The van der Waals surface area contributed by atoms with Gasteiger partial charge in [-0.3, -0.25) is 0 Å². The van der Waals surface area contributed by atoms with Gasteiger partial charge >= 0.3 is 0 Å². The standard InChI is InChI=1S/C12H13NS.C2H6/c1-13(2)11-7-3-6-10-9(11)5-4-8-12(10)14;1-2/h3-8,14H,1-2H3;1-2H3. The van der Waals surface area contributed by atoms with Crippen LogP contribution in [0.3, 0.4) is 0 Å². The van der Waals surface area contributed by atoms with Crippen molar-refractivity contribution in [3.8, 4) is 0 Å². The van der Waals surface area contributed by atoms with Gasteiger partial charge in [0.2, 0.25) is 0 Å². The normalized spacial score (nSPS) is 9.56. The molecule has 2 rings (SSSR count). The van der Waals surface area contributed by atoms with Crippen LogP contribution in [-0.2, 0) is 0 Å². The Morgan fingerprint density at radius 2 is 1.44 bits per heavy atom. The van der Waals surface area contributed by atoms with E-state index in [-0.39, 0.29) is 0 Å². The third-order valence-electron chi connectivity index (χ3n) is 2.36. The highest BCUT2D eigenvalue weighted by Crippen LogP contribution is 2.29. The Balaban J connectivity index is 0.000000606. The minimum atomic E-state index is 1.03. The second-order valence-electron chi connectivity index (χ2n) is 3.54. The zero-order valence-electron chi connectivity index (χ0n) is 10.4. The molecule has 0 saturated carbocycles. The van der Waals surface area contributed by atoms with E-state index in [1.54, 1.807) is 0 Å². The summed E-state index contributed by atoms with van der Waals surface area (Å²) in [5.74, 6) is 0. The summed E-state index contributed by atoms with van der Waals surface area (Å²) in [6.45, 7) is 4.00. The van der Waals surface area contributed by atoms with E-state index in [9.17, 15) is 0 Å². The van der Waals surface area contributed by atoms with Crippen molar-refractivity contribution in [3.63, 3.8) is 0 Å². The highest BCUT2D eigenvalue weighted by atomic mass is 32.1. The highest BCUT2D eigenvalue weighted by molar-refractivity contribution is 7.80. The molecule has 2 heteroatoms. The summed E-state index contributed by atoms with van der Waals surface area (Å²) in [6.07, 6.45) is 0. The van der Waals surface area contributed by atoms with Crippen LogP contribution in [0.1, 0.15) is 13.8 Å². The van der Waals surface area contributed by atoms with Crippen LogP contribution in [-0.4, -0.2) is 14.1 Å². The predicted octanol–water partition coefficient (Wildman–Crippen LogP) is 4.22. The van der Waals surface area contributed by atoms with Crippen molar-refractivity contribution in [3.05, 3.63) is 36.4 Å². The lowest BCUT2D eigenvalue weighted by Crippen LogP contribution is -2.08. The molecule has 0 radical (unpaired) electrons. The molecular weight excluding hydrogens is 214 g/mol. The number of fused-ring (bicyclic) bond motifs is 1. The summed E-state index contributed by atoms with van der Waals surface area (Å²) in [5, 5.41) is 2.46. The zero-order chi connectivity index (χ0) is 12.1. The first-order valence-corrected chi connectivity index (χ1v) is 6.03. The molecule has 0 atom stereocenters. The van der Waals surface area contributed by atoms with Crippen molar-refractivity contribution >= 4 is 29.1 Å². The molecule has 16 heavy (non-hydrogen) atoms. The number of hydrogen-bond acceptors (Lipinski definition) is 2. The second-order valence-corrected chi connectivity index (χ2v) is 4.03. The molecular formula is C14H19NS. The monoisotopic (exact) mass is 233 g/mol. The van der Waals surface area contributed by atoms with Crippen LogP contribution >= 0.6 is 12.6 Å². The van der Waals surface area contributed by atoms with E-state index in [4.69, 9.17) is 0 Å². The molecule has 0 heterocycles. The largest absolute Gasteiger partial charge is 0.377 e. The number of anilines is 1. The lowest BCUT2D eigenvalue weighted by molar-refractivity contribution is 1.14. The minimum Gasteiger partial charge on any atom is -0.377 e. The fourth-order valence-electron chi connectivity index (χ4n) is 1.67. The number of benzene rings is 2. The Bertz CT molecular complexity index is 463. The maximum Gasteiger partial charge on any atom is 0.0441 e. The summed E-state index contributed by atoms with van der Waals surface area (Å²) in [4.78, 5) is 3.15. The lowest BCUT2D eigenvalue weighted by atomic mass is 10.1. The quantitative estimate of drug-likeness (QED) is 0.722. The van der Waals surface area contributed by atoms with Gasteiger partial charge in [-0.15, -0.1) is 12.6 Å². The van der Waals surface area contributed by atoms with Gasteiger partial charge in [0.25, 0.3) is 0 Å². The summed E-state index contributed by atoms with van der Waals surface area (Å²) in [7, 11) is 4.11. The first-order chi connectivity index (χ1) is 7.70. The van der Waals surface area contributed by atoms with Crippen molar-refractivity contribution in [2.24, 2.45) is 0 Å². The predicted molar refractivity (Wildman–Crippen MR) is 76.9 cm³/mol. The molecule has 0 fully saturated rings. The molecule has 0 unspecified atom stereocenters. The van der Waals surface area contributed by atoms with Crippen LogP contribution in [0.4, 0.5) is 5.69 Å². The van der Waals surface area contributed by atoms with Crippen LogP contribution in [0.15, 0.2) is 41.3 Å². The Kier molecular flexibility index (Phi) is 4.69. The molecule has 2 aromatic rings. The van der Waals surface area contributed by atoms with Gasteiger partial charge in [0, 0.05) is 30.1 Å². The van der Waals surface area contributed by atoms with Gasteiger partial charge in [0.1, 0.15) is 0 Å².